The molecule has 0 saturated heterocycles. The number of benzene rings is 1. The molecule has 2 rings (SSSR count). The number of hydrogen-bond donors (Lipinski definition) is 1. The van der Waals surface area contributed by atoms with Crippen molar-refractivity contribution in [3.63, 3.8) is 0 Å². The fraction of sp³-hybridized carbons (Fsp3) is 0.450. The van der Waals surface area contributed by atoms with Gasteiger partial charge in [0.15, 0.2) is 0 Å². The van der Waals surface area contributed by atoms with Crippen LogP contribution in [-0.4, -0.2) is 42.0 Å². The minimum absolute atomic E-state index is 0.0389. The van der Waals surface area contributed by atoms with Crippen LogP contribution < -0.4 is 10.1 Å². The van der Waals surface area contributed by atoms with Gasteiger partial charge in [-0.25, -0.2) is 0 Å². The van der Waals surface area contributed by atoms with Crippen LogP contribution in [-0.2, 0) is 38.8 Å². The molecule has 152 valence electrons. The first-order valence-corrected chi connectivity index (χ1v) is 8.97. The maximum Gasteiger partial charge on any atom is 0.327 e. The highest BCUT2D eigenvalue weighted by Crippen LogP contribution is 2.15. The van der Waals surface area contributed by atoms with Crippen molar-refractivity contribution in [2.24, 2.45) is 0 Å². The molecule has 2 aromatic rings. The number of hydrogen-bond acceptors (Lipinski definition) is 6. The van der Waals surface area contributed by atoms with Crippen LogP contribution in [0.25, 0.3) is 0 Å². The van der Waals surface area contributed by atoms with Gasteiger partial charge in [-0.05, 0) is 38.5 Å². The molecule has 0 spiro atoms. The number of carbonyl (C=O) groups is 2. The smallest absolute Gasteiger partial charge is 0.327 e. The van der Waals surface area contributed by atoms with Gasteiger partial charge in [0, 0.05) is 17.8 Å². The second-order valence-corrected chi connectivity index (χ2v) is 6.41. The molecule has 0 aliphatic rings. The average Bonchev–Trinajstić information content (AvgIpc) is 2.96. The molecule has 1 aromatic carbocycles. The Bertz CT molecular complexity index is 831. The van der Waals surface area contributed by atoms with E-state index in [0.717, 1.165) is 28.3 Å². The third-order valence-electron chi connectivity index (χ3n) is 4.48. The van der Waals surface area contributed by atoms with E-state index < -0.39 is 6.10 Å². The Balaban J connectivity index is 1.89. The fourth-order valence-corrected chi connectivity index (χ4v) is 2.71. The molecule has 28 heavy (non-hydrogen) atoms. The monoisotopic (exact) mass is 389 g/mol. The third-order valence-corrected chi connectivity index (χ3v) is 4.48. The summed E-state index contributed by atoms with van der Waals surface area (Å²) in [5, 5.41) is 7.20. The van der Waals surface area contributed by atoms with Crippen LogP contribution in [0.3, 0.4) is 0 Å². The highest BCUT2D eigenvalue weighted by molar-refractivity contribution is 5.80. The van der Waals surface area contributed by atoms with Gasteiger partial charge in [-0.1, -0.05) is 12.1 Å². The average molecular weight is 389 g/mol. The summed E-state index contributed by atoms with van der Waals surface area (Å²) in [4.78, 5) is 23.8. The summed E-state index contributed by atoms with van der Waals surface area (Å²) in [6.45, 7) is 6.05. The molecule has 0 aliphatic heterocycles. The van der Waals surface area contributed by atoms with E-state index in [4.69, 9.17) is 9.47 Å². The number of methoxy groups -OCH3 is 2. The molecular formula is C20H27N3O5. The Morgan fingerprint density at radius 1 is 1.25 bits per heavy atom. The molecule has 1 N–H and O–H groups in total. The number of aromatic nitrogens is 2. The summed E-state index contributed by atoms with van der Waals surface area (Å²) in [5.74, 6) is 0.149. The molecule has 0 saturated carbocycles. The van der Waals surface area contributed by atoms with Crippen molar-refractivity contribution in [1.29, 1.82) is 0 Å². The standard InChI is InChI=1S/C20H27N3O5/c1-13-18(14(2)23(22-13)11-19(24)27-5)10-21-20(25)15(3)28-12-16-7-6-8-17(9-16)26-4/h6-9,15H,10-12H2,1-5H3,(H,21,25). The van der Waals surface area contributed by atoms with Gasteiger partial charge >= 0.3 is 5.97 Å². The minimum Gasteiger partial charge on any atom is -0.497 e. The Kier molecular flexibility index (Phi) is 7.57. The number of esters is 1. The third kappa shape index (κ3) is 5.56. The van der Waals surface area contributed by atoms with E-state index >= 15 is 0 Å². The van der Waals surface area contributed by atoms with Crippen LogP contribution >= 0.6 is 0 Å². The molecule has 0 radical (unpaired) electrons. The number of rotatable bonds is 9. The number of ether oxygens (including phenoxy) is 3. The zero-order chi connectivity index (χ0) is 20.7. The van der Waals surface area contributed by atoms with Gasteiger partial charge in [0.2, 0.25) is 5.91 Å². The summed E-state index contributed by atoms with van der Waals surface area (Å²) in [6.07, 6.45) is -0.614. The largest absolute Gasteiger partial charge is 0.497 e. The Labute approximate surface area is 164 Å². The van der Waals surface area contributed by atoms with E-state index in [-0.39, 0.29) is 18.4 Å². The molecular weight excluding hydrogens is 362 g/mol. The second-order valence-electron chi connectivity index (χ2n) is 6.41. The van der Waals surface area contributed by atoms with E-state index in [9.17, 15) is 9.59 Å². The van der Waals surface area contributed by atoms with E-state index in [1.54, 1.807) is 18.7 Å². The van der Waals surface area contributed by atoms with Crippen molar-refractivity contribution in [2.75, 3.05) is 14.2 Å². The summed E-state index contributed by atoms with van der Waals surface area (Å²) in [7, 11) is 2.94. The van der Waals surface area contributed by atoms with Crippen molar-refractivity contribution in [3.8, 4) is 5.75 Å². The van der Waals surface area contributed by atoms with Gasteiger partial charge in [0.1, 0.15) is 18.4 Å². The predicted octanol–water partition coefficient (Wildman–Crippen LogP) is 1.90. The highest BCUT2D eigenvalue weighted by Gasteiger charge is 2.17. The Morgan fingerprint density at radius 3 is 2.68 bits per heavy atom. The molecule has 0 bridgehead atoms. The number of nitrogens with zero attached hydrogens (tertiary/aromatic N) is 2. The molecule has 8 nitrogen and oxygen atoms in total. The lowest BCUT2D eigenvalue weighted by molar-refractivity contribution is -0.141. The summed E-state index contributed by atoms with van der Waals surface area (Å²) in [5.41, 5.74) is 3.37. The van der Waals surface area contributed by atoms with Gasteiger partial charge in [-0.2, -0.15) is 5.10 Å². The van der Waals surface area contributed by atoms with Gasteiger partial charge in [0.05, 0.1) is 26.5 Å². The number of nitrogens with one attached hydrogen (secondary N) is 1. The zero-order valence-electron chi connectivity index (χ0n) is 16.9. The normalized spacial score (nSPS) is 11.8. The predicted molar refractivity (Wildman–Crippen MR) is 103 cm³/mol. The lowest BCUT2D eigenvalue weighted by Crippen LogP contribution is -2.34. The first-order chi connectivity index (χ1) is 13.3. The summed E-state index contributed by atoms with van der Waals surface area (Å²) >= 11 is 0. The first-order valence-electron chi connectivity index (χ1n) is 8.97. The van der Waals surface area contributed by atoms with Crippen molar-refractivity contribution in [3.05, 3.63) is 46.8 Å². The molecule has 1 amide bonds. The van der Waals surface area contributed by atoms with Crippen LogP contribution in [0.5, 0.6) is 5.75 Å². The number of carbonyl (C=O) groups excluding carboxylic acids is 2. The minimum atomic E-state index is -0.614. The topological polar surface area (TPSA) is 91.7 Å². The molecule has 8 heteroatoms. The molecule has 0 fully saturated rings. The quantitative estimate of drug-likeness (QED) is 0.659. The fourth-order valence-electron chi connectivity index (χ4n) is 2.71. The molecule has 1 unspecified atom stereocenters. The van der Waals surface area contributed by atoms with Gasteiger partial charge < -0.3 is 19.5 Å². The first kappa shape index (κ1) is 21.4. The van der Waals surface area contributed by atoms with Crippen molar-refractivity contribution >= 4 is 11.9 Å². The zero-order valence-corrected chi connectivity index (χ0v) is 16.9. The van der Waals surface area contributed by atoms with E-state index in [1.807, 2.05) is 38.1 Å². The molecule has 1 atom stereocenters. The Morgan fingerprint density at radius 2 is 2.00 bits per heavy atom. The van der Waals surface area contributed by atoms with Crippen LogP contribution in [0.15, 0.2) is 24.3 Å². The van der Waals surface area contributed by atoms with Crippen molar-refractivity contribution in [2.45, 2.75) is 46.6 Å². The molecule has 1 heterocycles. The van der Waals surface area contributed by atoms with Gasteiger partial charge in [-0.3, -0.25) is 14.3 Å². The van der Waals surface area contributed by atoms with Crippen LogP contribution in [0.1, 0.15) is 29.4 Å². The summed E-state index contributed by atoms with van der Waals surface area (Å²) in [6, 6.07) is 7.51. The van der Waals surface area contributed by atoms with E-state index in [2.05, 4.69) is 15.2 Å². The van der Waals surface area contributed by atoms with Crippen molar-refractivity contribution < 1.29 is 23.8 Å². The molecule has 1 aromatic heterocycles. The van der Waals surface area contributed by atoms with Crippen molar-refractivity contribution in [1.82, 2.24) is 15.1 Å². The lowest BCUT2D eigenvalue weighted by Gasteiger charge is -2.14. The second kappa shape index (κ2) is 9.89. The maximum absolute atomic E-state index is 12.4. The number of aryl methyl sites for hydroxylation is 1. The highest BCUT2D eigenvalue weighted by atomic mass is 16.5. The van der Waals surface area contributed by atoms with E-state index in [1.165, 1.54) is 7.11 Å². The van der Waals surface area contributed by atoms with Crippen LogP contribution in [0, 0.1) is 13.8 Å². The lowest BCUT2D eigenvalue weighted by atomic mass is 10.2. The SMILES string of the molecule is COC(=O)Cn1nc(C)c(CNC(=O)C(C)OCc2cccc(OC)c2)c1C. The Hall–Kier alpha value is -2.87. The van der Waals surface area contributed by atoms with Gasteiger partial charge in [0.25, 0.3) is 0 Å². The van der Waals surface area contributed by atoms with Gasteiger partial charge in [-0.15, -0.1) is 0 Å². The maximum atomic E-state index is 12.4. The van der Waals surface area contributed by atoms with Crippen LogP contribution in [0.2, 0.25) is 0 Å². The van der Waals surface area contributed by atoms with E-state index in [0.29, 0.717) is 13.2 Å². The number of amides is 1. The molecule has 0 aliphatic carbocycles. The summed E-state index contributed by atoms with van der Waals surface area (Å²) < 4.78 is 17.1. The van der Waals surface area contributed by atoms with Crippen LogP contribution in [0.4, 0.5) is 0 Å².